The summed E-state index contributed by atoms with van der Waals surface area (Å²) in [6, 6.07) is 12.9. The van der Waals surface area contributed by atoms with Crippen LogP contribution in [0.1, 0.15) is 26.2 Å². The molecule has 3 aromatic heterocycles. The lowest BCUT2D eigenvalue weighted by Crippen LogP contribution is -2.21. The van der Waals surface area contributed by atoms with Crippen molar-refractivity contribution in [3.8, 4) is 5.82 Å². The zero-order chi connectivity index (χ0) is 18.8. The minimum Gasteiger partial charge on any atom is -0.315 e. The normalized spacial score (nSPS) is 11.3. The molecule has 0 N–H and O–H groups in total. The molecule has 136 valence electrons. The standard InChI is InChI=1S/C22H21N3O2/c1-2-3-6-11-24-12-8-16-14-17-9-13-25(20-7-4-5-10-23-20)22(27)19(17)15-18(16)21(24)26/h4-5,7-10,12-15H,2-3,6,11H2,1H3. The summed E-state index contributed by atoms with van der Waals surface area (Å²) in [4.78, 5) is 30.1. The Hall–Kier alpha value is -3.21. The quantitative estimate of drug-likeness (QED) is 0.401. The molecule has 0 aliphatic heterocycles. The Labute approximate surface area is 156 Å². The Morgan fingerprint density at radius 2 is 1.67 bits per heavy atom. The number of pyridine rings is 3. The largest absolute Gasteiger partial charge is 0.315 e. The van der Waals surface area contributed by atoms with Crippen molar-refractivity contribution >= 4 is 21.5 Å². The number of unbranched alkanes of at least 4 members (excludes halogenated alkanes) is 2. The summed E-state index contributed by atoms with van der Waals surface area (Å²) in [5.74, 6) is 0.564. The van der Waals surface area contributed by atoms with Crippen molar-refractivity contribution in [1.82, 2.24) is 14.1 Å². The van der Waals surface area contributed by atoms with Gasteiger partial charge >= 0.3 is 0 Å². The van der Waals surface area contributed by atoms with Crippen LogP contribution in [0.4, 0.5) is 0 Å². The zero-order valence-corrected chi connectivity index (χ0v) is 15.3. The monoisotopic (exact) mass is 359 g/mol. The minimum atomic E-state index is -0.172. The van der Waals surface area contributed by atoms with Gasteiger partial charge in [-0.2, -0.15) is 0 Å². The average Bonchev–Trinajstić information content (AvgIpc) is 2.70. The van der Waals surface area contributed by atoms with Gasteiger partial charge in [-0.05, 0) is 53.6 Å². The van der Waals surface area contributed by atoms with Crippen molar-refractivity contribution in [2.45, 2.75) is 32.7 Å². The highest BCUT2D eigenvalue weighted by atomic mass is 16.1. The molecule has 4 rings (SSSR count). The van der Waals surface area contributed by atoms with Gasteiger partial charge in [-0.1, -0.05) is 25.8 Å². The van der Waals surface area contributed by atoms with E-state index in [4.69, 9.17) is 0 Å². The minimum absolute atomic E-state index is 0.0434. The first-order chi connectivity index (χ1) is 13.2. The van der Waals surface area contributed by atoms with E-state index in [1.165, 1.54) is 4.57 Å². The number of rotatable bonds is 5. The lowest BCUT2D eigenvalue weighted by atomic mass is 10.1. The highest BCUT2D eigenvalue weighted by Gasteiger charge is 2.09. The molecule has 0 saturated heterocycles. The zero-order valence-electron chi connectivity index (χ0n) is 15.3. The van der Waals surface area contributed by atoms with Gasteiger partial charge in [-0.25, -0.2) is 4.98 Å². The maximum atomic E-state index is 13.0. The van der Waals surface area contributed by atoms with Crippen molar-refractivity contribution in [3.05, 3.63) is 81.8 Å². The average molecular weight is 359 g/mol. The number of benzene rings is 1. The molecule has 5 nitrogen and oxygen atoms in total. The topological polar surface area (TPSA) is 56.9 Å². The van der Waals surface area contributed by atoms with Crippen LogP contribution in [0.15, 0.2) is 70.6 Å². The molecule has 0 saturated carbocycles. The van der Waals surface area contributed by atoms with E-state index < -0.39 is 0 Å². The van der Waals surface area contributed by atoms with Crippen LogP contribution < -0.4 is 11.1 Å². The van der Waals surface area contributed by atoms with Gasteiger partial charge in [0.2, 0.25) is 0 Å². The fourth-order valence-corrected chi connectivity index (χ4v) is 3.41. The molecule has 0 radical (unpaired) electrons. The van der Waals surface area contributed by atoms with Crippen LogP contribution in [-0.2, 0) is 6.54 Å². The molecule has 0 bridgehead atoms. The van der Waals surface area contributed by atoms with Crippen LogP contribution in [0.3, 0.4) is 0 Å². The van der Waals surface area contributed by atoms with Crippen LogP contribution in [0.2, 0.25) is 0 Å². The van der Waals surface area contributed by atoms with Gasteiger partial charge < -0.3 is 4.57 Å². The Kier molecular flexibility index (Phi) is 4.59. The van der Waals surface area contributed by atoms with E-state index in [1.807, 2.05) is 36.5 Å². The highest BCUT2D eigenvalue weighted by molar-refractivity contribution is 5.97. The lowest BCUT2D eigenvalue weighted by Gasteiger charge is -2.09. The van der Waals surface area contributed by atoms with Gasteiger partial charge in [0.05, 0.1) is 0 Å². The molecule has 0 aliphatic rings. The van der Waals surface area contributed by atoms with Crippen molar-refractivity contribution in [3.63, 3.8) is 0 Å². The Morgan fingerprint density at radius 1 is 0.889 bits per heavy atom. The predicted molar refractivity (Wildman–Crippen MR) is 109 cm³/mol. The Morgan fingerprint density at radius 3 is 2.41 bits per heavy atom. The van der Waals surface area contributed by atoms with Gasteiger partial charge in [-0.15, -0.1) is 0 Å². The second kappa shape index (κ2) is 7.19. The number of hydrogen-bond donors (Lipinski definition) is 0. The molecule has 4 aromatic rings. The number of fused-ring (bicyclic) bond motifs is 2. The first-order valence-corrected chi connectivity index (χ1v) is 9.29. The number of aromatic nitrogens is 3. The molecule has 0 unspecified atom stereocenters. The molecule has 0 spiro atoms. The molecule has 5 heteroatoms. The van der Waals surface area contributed by atoms with E-state index in [-0.39, 0.29) is 11.1 Å². The van der Waals surface area contributed by atoms with E-state index in [9.17, 15) is 9.59 Å². The smallest absolute Gasteiger partial charge is 0.264 e. The van der Waals surface area contributed by atoms with E-state index in [0.717, 1.165) is 30.0 Å². The number of nitrogens with zero attached hydrogens (tertiary/aromatic N) is 3. The van der Waals surface area contributed by atoms with Gasteiger partial charge in [0, 0.05) is 35.9 Å². The van der Waals surface area contributed by atoms with E-state index in [1.54, 1.807) is 29.1 Å². The summed E-state index contributed by atoms with van der Waals surface area (Å²) in [7, 11) is 0. The third-order valence-electron chi connectivity index (χ3n) is 4.90. The van der Waals surface area contributed by atoms with Crippen LogP contribution in [-0.4, -0.2) is 14.1 Å². The summed E-state index contributed by atoms with van der Waals surface area (Å²) >= 11 is 0. The SMILES string of the molecule is CCCCCn1ccc2cc3ccn(-c4ccccn4)c(=O)c3cc2c1=O. The first-order valence-electron chi connectivity index (χ1n) is 9.29. The molecular formula is C22H21N3O2. The number of hydrogen-bond acceptors (Lipinski definition) is 3. The Bertz CT molecular complexity index is 1220. The second-order valence-corrected chi connectivity index (χ2v) is 6.73. The van der Waals surface area contributed by atoms with E-state index in [2.05, 4.69) is 11.9 Å². The van der Waals surface area contributed by atoms with Crippen molar-refractivity contribution < 1.29 is 0 Å². The van der Waals surface area contributed by atoms with E-state index >= 15 is 0 Å². The molecule has 0 amide bonds. The van der Waals surface area contributed by atoms with E-state index in [0.29, 0.717) is 23.1 Å². The predicted octanol–water partition coefficient (Wildman–Crippen LogP) is 3.89. The first kappa shape index (κ1) is 17.2. The lowest BCUT2D eigenvalue weighted by molar-refractivity contribution is 0.590. The van der Waals surface area contributed by atoms with Crippen LogP contribution in [0.5, 0.6) is 0 Å². The molecule has 1 aromatic carbocycles. The summed E-state index contributed by atoms with van der Waals surface area (Å²) in [5, 5.41) is 2.79. The van der Waals surface area contributed by atoms with Crippen LogP contribution in [0, 0.1) is 0 Å². The molecule has 0 fully saturated rings. The van der Waals surface area contributed by atoms with Crippen molar-refractivity contribution in [2.75, 3.05) is 0 Å². The summed E-state index contributed by atoms with van der Waals surface area (Å²) in [6.45, 7) is 2.84. The maximum absolute atomic E-state index is 13.0. The summed E-state index contributed by atoms with van der Waals surface area (Å²) < 4.78 is 3.25. The summed E-state index contributed by atoms with van der Waals surface area (Å²) in [5.41, 5.74) is -0.216. The van der Waals surface area contributed by atoms with Crippen LogP contribution >= 0.6 is 0 Å². The molecule has 3 heterocycles. The second-order valence-electron chi connectivity index (χ2n) is 6.73. The molecule has 27 heavy (non-hydrogen) atoms. The summed E-state index contributed by atoms with van der Waals surface area (Å²) in [6.07, 6.45) is 8.41. The molecule has 0 aliphatic carbocycles. The van der Waals surface area contributed by atoms with Gasteiger partial charge in [0.1, 0.15) is 5.82 Å². The fourth-order valence-electron chi connectivity index (χ4n) is 3.41. The Balaban J connectivity index is 1.89. The number of aryl methyl sites for hydroxylation is 1. The highest BCUT2D eigenvalue weighted by Crippen LogP contribution is 2.19. The van der Waals surface area contributed by atoms with Crippen molar-refractivity contribution in [1.29, 1.82) is 0 Å². The van der Waals surface area contributed by atoms with Crippen molar-refractivity contribution in [2.24, 2.45) is 0 Å². The van der Waals surface area contributed by atoms with Gasteiger partial charge in [0.15, 0.2) is 0 Å². The molecular weight excluding hydrogens is 338 g/mol. The third kappa shape index (κ3) is 3.16. The third-order valence-corrected chi connectivity index (χ3v) is 4.90. The fraction of sp³-hybridized carbons (Fsp3) is 0.227. The maximum Gasteiger partial charge on any atom is 0.264 e. The van der Waals surface area contributed by atoms with Crippen LogP contribution in [0.25, 0.3) is 27.4 Å². The molecule has 0 atom stereocenters. The van der Waals surface area contributed by atoms with Gasteiger partial charge in [-0.3, -0.25) is 14.2 Å². The van der Waals surface area contributed by atoms with Gasteiger partial charge in [0.25, 0.3) is 11.1 Å².